The van der Waals surface area contributed by atoms with E-state index in [0.717, 1.165) is 82.8 Å². The van der Waals surface area contributed by atoms with E-state index in [9.17, 15) is 0 Å². The number of anilines is 3. The number of rotatable bonds is 5. The molecule has 230 valence electrons. The zero-order chi connectivity index (χ0) is 32.3. The highest BCUT2D eigenvalue weighted by Gasteiger charge is 2.17. The maximum absolute atomic E-state index is 6.33. The molecule has 10 aromatic rings. The van der Waals surface area contributed by atoms with Crippen LogP contribution in [-0.4, -0.2) is 0 Å². The fourth-order valence-corrected chi connectivity index (χ4v) is 7.25. The minimum absolute atomic E-state index is 0.870. The molecule has 0 unspecified atom stereocenters. The Labute approximate surface area is 282 Å². The summed E-state index contributed by atoms with van der Waals surface area (Å²) >= 11 is 0. The molecule has 2 heterocycles. The van der Waals surface area contributed by atoms with Crippen molar-refractivity contribution in [1.29, 1.82) is 0 Å². The molecule has 0 aliphatic rings. The van der Waals surface area contributed by atoms with Crippen LogP contribution >= 0.6 is 0 Å². The monoisotopic (exact) mass is 627 g/mol. The minimum atomic E-state index is 0.870. The fourth-order valence-electron chi connectivity index (χ4n) is 7.25. The quantitative estimate of drug-likeness (QED) is 0.190. The Kier molecular flexibility index (Phi) is 6.18. The Balaban J connectivity index is 1.07. The lowest BCUT2D eigenvalue weighted by Gasteiger charge is -2.26. The smallest absolute Gasteiger partial charge is 0.143 e. The Morgan fingerprint density at radius 2 is 0.878 bits per heavy atom. The van der Waals surface area contributed by atoms with Crippen LogP contribution in [0, 0.1) is 0 Å². The predicted molar refractivity (Wildman–Crippen MR) is 204 cm³/mol. The standard InChI is InChI=1S/C46H29NO2/c1-2-9-30(10-3-1)32-11-8-12-36(28-32)47(37-23-26-41-39-13-4-6-15-43(39)48-45(41)29-37)35-21-17-31(18-22-35)33-19-24-38-34(27-33)20-25-42-40-14-5-7-16-44(40)49-46(38)42/h1-29H. The van der Waals surface area contributed by atoms with E-state index >= 15 is 0 Å². The van der Waals surface area contributed by atoms with Gasteiger partial charge in [-0.15, -0.1) is 0 Å². The van der Waals surface area contributed by atoms with Gasteiger partial charge in [0.25, 0.3) is 0 Å². The van der Waals surface area contributed by atoms with Gasteiger partial charge in [-0.25, -0.2) is 0 Å². The van der Waals surface area contributed by atoms with Gasteiger partial charge in [-0.1, -0.05) is 103 Å². The van der Waals surface area contributed by atoms with Crippen molar-refractivity contribution < 1.29 is 8.83 Å². The molecule has 0 spiro atoms. The molecule has 0 radical (unpaired) electrons. The first-order chi connectivity index (χ1) is 24.3. The molecule has 0 aliphatic carbocycles. The van der Waals surface area contributed by atoms with Crippen LogP contribution in [-0.2, 0) is 0 Å². The summed E-state index contributed by atoms with van der Waals surface area (Å²) in [6, 6.07) is 62.1. The first kappa shape index (κ1) is 27.5. The van der Waals surface area contributed by atoms with E-state index < -0.39 is 0 Å². The molecular formula is C46H29NO2. The van der Waals surface area contributed by atoms with Gasteiger partial charge in [0, 0.05) is 50.1 Å². The zero-order valence-corrected chi connectivity index (χ0v) is 26.5. The molecular weight excluding hydrogens is 599 g/mol. The van der Waals surface area contributed by atoms with Crippen LogP contribution in [0.15, 0.2) is 185 Å². The summed E-state index contributed by atoms with van der Waals surface area (Å²) in [6.45, 7) is 0. The number of hydrogen-bond acceptors (Lipinski definition) is 3. The molecule has 8 aromatic carbocycles. The summed E-state index contributed by atoms with van der Waals surface area (Å²) in [5, 5.41) is 6.83. The van der Waals surface area contributed by atoms with E-state index in [2.05, 4.69) is 157 Å². The van der Waals surface area contributed by atoms with Gasteiger partial charge in [-0.05, 0) is 94.4 Å². The molecule has 0 saturated heterocycles. The molecule has 0 saturated carbocycles. The number of furan rings is 2. The summed E-state index contributed by atoms with van der Waals surface area (Å²) in [6.07, 6.45) is 0. The van der Waals surface area contributed by atoms with Crippen LogP contribution in [0.2, 0.25) is 0 Å². The third-order valence-corrected chi connectivity index (χ3v) is 9.65. The molecule has 0 N–H and O–H groups in total. The zero-order valence-electron chi connectivity index (χ0n) is 26.5. The largest absolute Gasteiger partial charge is 0.456 e. The molecule has 0 aliphatic heterocycles. The van der Waals surface area contributed by atoms with Gasteiger partial charge in [-0.3, -0.25) is 0 Å². The van der Waals surface area contributed by atoms with Gasteiger partial charge >= 0.3 is 0 Å². The van der Waals surface area contributed by atoms with E-state index in [0.29, 0.717) is 0 Å². The highest BCUT2D eigenvalue weighted by molar-refractivity contribution is 6.15. The number of para-hydroxylation sites is 2. The van der Waals surface area contributed by atoms with Gasteiger partial charge in [-0.2, -0.15) is 0 Å². The van der Waals surface area contributed by atoms with Crippen molar-refractivity contribution in [3.63, 3.8) is 0 Å². The first-order valence-corrected chi connectivity index (χ1v) is 16.6. The molecule has 3 nitrogen and oxygen atoms in total. The highest BCUT2D eigenvalue weighted by atomic mass is 16.3. The Morgan fingerprint density at radius 1 is 0.306 bits per heavy atom. The Hall–Kier alpha value is -6.58. The lowest BCUT2D eigenvalue weighted by molar-refractivity contribution is 0.669. The van der Waals surface area contributed by atoms with Gasteiger partial charge in [0.15, 0.2) is 0 Å². The Morgan fingerprint density at radius 3 is 1.71 bits per heavy atom. The average molecular weight is 628 g/mol. The number of nitrogens with zero attached hydrogens (tertiary/aromatic N) is 1. The summed E-state index contributed by atoms with van der Waals surface area (Å²) in [5.74, 6) is 0. The van der Waals surface area contributed by atoms with Crippen LogP contribution in [0.25, 0.3) is 76.9 Å². The number of benzene rings is 8. The minimum Gasteiger partial charge on any atom is -0.456 e. The topological polar surface area (TPSA) is 29.5 Å². The summed E-state index contributed by atoms with van der Waals surface area (Å²) in [5.41, 5.74) is 11.5. The van der Waals surface area contributed by atoms with Crippen LogP contribution in [0.3, 0.4) is 0 Å². The molecule has 0 fully saturated rings. The van der Waals surface area contributed by atoms with Crippen LogP contribution in [0.5, 0.6) is 0 Å². The van der Waals surface area contributed by atoms with Crippen molar-refractivity contribution in [2.45, 2.75) is 0 Å². The maximum Gasteiger partial charge on any atom is 0.143 e. The van der Waals surface area contributed by atoms with Gasteiger partial charge < -0.3 is 13.7 Å². The molecule has 0 amide bonds. The van der Waals surface area contributed by atoms with Crippen LogP contribution in [0.4, 0.5) is 17.1 Å². The molecule has 0 bridgehead atoms. The lowest BCUT2D eigenvalue weighted by atomic mass is 9.99. The van der Waals surface area contributed by atoms with Gasteiger partial charge in [0.2, 0.25) is 0 Å². The average Bonchev–Trinajstić information content (AvgIpc) is 3.74. The summed E-state index contributed by atoms with van der Waals surface area (Å²) in [7, 11) is 0. The molecule has 49 heavy (non-hydrogen) atoms. The third-order valence-electron chi connectivity index (χ3n) is 9.65. The SMILES string of the molecule is c1ccc(-c2cccc(N(c3ccc(-c4ccc5c(ccc6c7ccccc7oc56)c4)cc3)c3ccc4c(c3)oc3ccccc34)c2)cc1. The van der Waals surface area contributed by atoms with E-state index in [1.165, 1.54) is 11.1 Å². The Bertz CT molecular complexity index is 2830. The molecule has 2 aromatic heterocycles. The second-order valence-corrected chi connectivity index (χ2v) is 12.6. The summed E-state index contributed by atoms with van der Waals surface area (Å²) in [4.78, 5) is 2.31. The van der Waals surface area contributed by atoms with E-state index in [1.54, 1.807) is 0 Å². The highest BCUT2D eigenvalue weighted by Crippen LogP contribution is 2.41. The van der Waals surface area contributed by atoms with Gasteiger partial charge in [0.1, 0.15) is 22.3 Å². The maximum atomic E-state index is 6.33. The van der Waals surface area contributed by atoms with Crippen molar-refractivity contribution in [3.8, 4) is 22.3 Å². The normalized spacial score (nSPS) is 11.7. The summed E-state index contributed by atoms with van der Waals surface area (Å²) < 4.78 is 12.6. The first-order valence-electron chi connectivity index (χ1n) is 16.6. The molecule has 3 heteroatoms. The second-order valence-electron chi connectivity index (χ2n) is 12.6. The number of fused-ring (bicyclic) bond motifs is 8. The second kappa shape index (κ2) is 11.0. The predicted octanol–water partition coefficient (Wildman–Crippen LogP) is 13.4. The third kappa shape index (κ3) is 4.59. The van der Waals surface area contributed by atoms with Crippen LogP contribution < -0.4 is 4.90 Å². The van der Waals surface area contributed by atoms with Gasteiger partial charge in [0.05, 0.1) is 0 Å². The van der Waals surface area contributed by atoms with E-state index in [4.69, 9.17) is 8.83 Å². The van der Waals surface area contributed by atoms with E-state index in [1.807, 2.05) is 24.3 Å². The fraction of sp³-hybridized carbons (Fsp3) is 0. The molecule has 10 rings (SSSR count). The van der Waals surface area contributed by atoms with E-state index in [-0.39, 0.29) is 0 Å². The van der Waals surface area contributed by atoms with Crippen molar-refractivity contribution >= 4 is 71.7 Å². The van der Waals surface area contributed by atoms with Crippen molar-refractivity contribution in [2.24, 2.45) is 0 Å². The van der Waals surface area contributed by atoms with Crippen molar-refractivity contribution in [3.05, 3.63) is 176 Å². The molecule has 0 atom stereocenters. The van der Waals surface area contributed by atoms with Crippen molar-refractivity contribution in [1.82, 2.24) is 0 Å². The van der Waals surface area contributed by atoms with Crippen LogP contribution in [0.1, 0.15) is 0 Å². The number of hydrogen-bond donors (Lipinski definition) is 0. The lowest BCUT2D eigenvalue weighted by Crippen LogP contribution is -2.10. The van der Waals surface area contributed by atoms with Crippen molar-refractivity contribution in [2.75, 3.05) is 4.90 Å².